The minimum atomic E-state index is -0.673. The van der Waals surface area contributed by atoms with Crippen LogP contribution >= 0.6 is 15.9 Å². The number of rotatable bonds is 3. The van der Waals surface area contributed by atoms with Gasteiger partial charge in [-0.25, -0.2) is 0 Å². The predicted molar refractivity (Wildman–Crippen MR) is 92.9 cm³/mol. The molecular formula is C18H26BrNO2. The number of nitrogens with two attached hydrogens (primary N) is 1. The topological polar surface area (TPSA) is 63.3 Å². The summed E-state index contributed by atoms with van der Waals surface area (Å²) in [6, 6.07) is 8.31. The van der Waals surface area contributed by atoms with Crippen molar-refractivity contribution in [2.75, 3.05) is 0 Å². The fourth-order valence-corrected chi connectivity index (χ4v) is 3.47. The van der Waals surface area contributed by atoms with Crippen molar-refractivity contribution in [1.29, 1.82) is 0 Å². The Morgan fingerprint density at radius 1 is 1.23 bits per heavy atom. The van der Waals surface area contributed by atoms with Gasteiger partial charge in [0.05, 0.1) is 5.92 Å². The molecule has 0 saturated heterocycles. The molecule has 0 radical (unpaired) electrons. The predicted octanol–water partition coefficient (Wildman–Crippen LogP) is 4.55. The molecule has 3 nitrogen and oxygen atoms in total. The summed E-state index contributed by atoms with van der Waals surface area (Å²) >= 11 is 3.34. The summed E-state index contributed by atoms with van der Waals surface area (Å²) < 4.78 is 1.03. The van der Waals surface area contributed by atoms with E-state index in [1.165, 1.54) is 32.1 Å². The third-order valence-electron chi connectivity index (χ3n) is 4.80. The molecule has 22 heavy (non-hydrogen) atoms. The first-order valence-corrected chi connectivity index (χ1v) is 9.02. The molecule has 3 atom stereocenters. The summed E-state index contributed by atoms with van der Waals surface area (Å²) in [6.07, 6.45) is 7.79. The summed E-state index contributed by atoms with van der Waals surface area (Å²) in [7, 11) is 0. The van der Waals surface area contributed by atoms with E-state index in [4.69, 9.17) is 10.8 Å². The van der Waals surface area contributed by atoms with Gasteiger partial charge in [-0.05, 0) is 55.7 Å². The lowest BCUT2D eigenvalue weighted by molar-refractivity contribution is -0.138. The van der Waals surface area contributed by atoms with Crippen molar-refractivity contribution in [3.63, 3.8) is 0 Å². The number of carboxylic acid groups (broad SMARTS) is 1. The van der Waals surface area contributed by atoms with Crippen LogP contribution in [-0.2, 0) is 4.79 Å². The quantitative estimate of drug-likeness (QED) is 0.823. The highest BCUT2D eigenvalue weighted by molar-refractivity contribution is 9.10. The SMILES string of the molecule is C[C@H](N)C1CCCCC1.O=C(O)C1CC1c1ccc(Br)cc1. The molecule has 1 aromatic rings. The van der Waals surface area contributed by atoms with Crippen LogP contribution in [0.3, 0.4) is 0 Å². The molecule has 0 bridgehead atoms. The standard InChI is InChI=1S/C10H9BrO2.C8H17N/c11-7-3-1-6(2-4-7)8-5-9(8)10(12)13;1-7(9)8-5-3-2-4-6-8/h1-4,8-9H,5H2,(H,12,13);7-8H,2-6,9H2,1H3/t;7-/m.0/s1. The van der Waals surface area contributed by atoms with E-state index in [0.29, 0.717) is 6.04 Å². The lowest BCUT2D eigenvalue weighted by Crippen LogP contribution is -2.27. The van der Waals surface area contributed by atoms with Crippen molar-refractivity contribution in [3.8, 4) is 0 Å². The summed E-state index contributed by atoms with van der Waals surface area (Å²) in [5.74, 6) is 0.249. The van der Waals surface area contributed by atoms with Crippen molar-refractivity contribution < 1.29 is 9.90 Å². The molecule has 3 rings (SSSR count). The zero-order chi connectivity index (χ0) is 16.1. The molecule has 2 fully saturated rings. The fraction of sp³-hybridized carbons (Fsp3) is 0.611. The van der Waals surface area contributed by atoms with Crippen LogP contribution in [0.2, 0.25) is 0 Å². The smallest absolute Gasteiger partial charge is 0.307 e. The lowest BCUT2D eigenvalue weighted by atomic mass is 9.85. The third kappa shape index (κ3) is 5.10. The average Bonchev–Trinajstić information content (AvgIpc) is 3.30. The van der Waals surface area contributed by atoms with Crippen molar-refractivity contribution >= 4 is 21.9 Å². The van der Waals surface area contributed by atoms with E-state index in [0.717, 1.165) is 22.4 Å². The normalized spacial score (nSPS) is 25.8. The molecule has 2 saturated carbocycles. The second-order valence-electron chi connectivity index (χ2n) is 6.60. The van der Waals surface area contributed by atoms with Crippen molar-refractivity contribution in [2.45, 2.75) is 57.4 Å². The monoisotopic (exact) mass is 367 g/mol. The molecule has 2 aliphatic rings. The molecular weight excluding hydrogens is 342 g/mol. The molecule has 3 N–H and O–H groups in total. The molecule has 2 unspecified atom stereocenters. The van der Waals surface area contributed by atoms with Gasteiger partial charge >= 0.3 is 5.97 Å². The van der Waals surface area contributed by atoms with E-state index in [9.17, 15) is 4.79 Å². The van der Waals surface area contributed by atoms with Gasteiger partial charge in [-0.1, -0.05) is 47.3 Å². The zero-order valence-corrected chi connectivity index (χ0v) is 14.8. The van der Waals surface area contributed by atoms with Crippen LogP contribution in [0.1, 0.15) is 56.9 Å². The molecule has 0 amide bonds. The fourth-order valence-electron chi connectivity index (χ4n) is 3.21. The molecule has 122 valence electrons. The van der Waals surface area contributed by atoms with Gasteiger partial charge in [0.25, 0.3) is 0 Å². The van der Waals surface area contributed by atoms with Gasteiger partial charge in [-0.2, -0.15) is 0 Å². The van der Waals surface area contributed by atoms with Crippen molar-refractivity contribution in [1.82, 2.24) is 0 Å². The Morgan fingerprint density at radius 3 is 2.23 bits per heavy atom. The summed E-state index contributed by atoms with van der Waals surface area (Å²) in [6.45, 7) is 2.13. The van der Waals surface area contributed by atoms with E-state index in [1.807, 2.05) is 24.3 Å². The van der Waals surface area contributed by atoms with Crippen LogP contribution in [0.4, 0.5) is 0 Å². The number of halogens is 1. The Bertz CT molecular complexity index is 480. The highest BCUT2D eigenvalue weighted by Crippen LogP contribution is 2.47. The third-order valence-corrected chi connectivity index (χ3v) is 5.33. The van der Waals surface area contributed by atoms with Gasteiger partial charge in [0.2, 0.25) is 0 Å². The van der Waals surface area contributed by atoms with Gasteiger partial charge in [0.15, 0.2) is 0 Å². The van der Waals surface area contributed by atoms with Crippen LogP contribution in [0, 0.1) is 11.8 Å². The van der Waals surface area contributed by atoms with Crippen molar-refractivity contribution in [3.05, 3.63) is 34.3 Å². The highest BCUT2D eigenvalue weighted by atomic mass is 79.9. The summed E-state index contributed by atoms with van der Waals surface area (Å²) in [5, 5.41) is 8.73. The lowest BCUT2D eigenvalue weighted by Gasteiger charge is -2.24. The Kier molecular flexibility index (Phi) is 6.45. The number of carbonyl (C=O) groups is 1. The summed E-state index contributed by atoms with van der Waals surface area (Å²) in [4.78, 5) is 10.6. The maximum atomic E-state index is 10.6. The molecule has 0 aromatic heterocycles. The van der Waals surface area contributed by atoms with E-state index in [2.05, 4.69) is 22.9 Å². The van der Waals surface area contributed by atoms with Crippen LogP contribution in [0.5, 0.6) is 0 Å². The average molecular weight is 368 g/mol. The van der Waals surface area contributed by atoms with E-state index >= 15 is 0 Å². The minimum Gasteiger partial charge on any atom is -0.481 e. The highest BCUT2D eigenvalue weighted by Gasteiger charge is 2.43. The van der Waals surface area contributed by atoms with Crippen LogP contribution in [-0.4, -0.2) is 17.1 Å². The largest absolute Gasteiger partial charge is 0.481 e. The van der Waals surface area contributed by atoms with E-state index in [1.54, 1.807) is 0 Å². The molecule has 0 heterocycles. The molecule has 4 heteroatoms. The number of carboxylic acids is 1. The first kappa shape index (κ1) is 17.5. The Balaban J connectivity index is 0.000000172. The minimum absolute atomic E-state index is 0.152. The van der Waals surface area contributed by atoms with Crippen LogP contribution < -0.4 is 5.73 Å². The number of aliphatic carboxylic acids is 1. The molecule has 0 spiro atoms. The second-order valence-corrected chi connectivity index (χ2v) is 7.51. The summed E-state index contributed by atoms with van der Waals surface area (Å²) in [5.41, 5.74) is 6.90. The maximum absolute atomic E-state index is 10.6. The maximum Gasteiger partial charge on any atom is 0.307 e. The number of hydrogen-bond donors (Lipinski definition) is 2. The first-order valence-electron chi connectivity index (χ1n) is 8.23. The van der Waals surface area contributed by atoms with Gasteiger partial charge in [0.1, 0.15) is 0 Å². The van der Waals surface area contributed by atoms with Crippen molar-refractivity contribution in [2.24, 2.45) is 17.6 Å². The van der Waals surface area contributed by atoms with E-state index in [-0.39, 0.29) is 11.8 Å². The Labute approximate surface area is 141 Å². The number of benzene rings is 1. The number of hydrogen-bond acceptors (Lipinski definition) is 2. The molecule has 2 aliphatic carbocycles. The molecule has 0 aliphatic heterocycles. The van der Waals surface area contributed by atoms with Crippen LogP contribution in [0.15, 0.2) is 28.7 Å². The second kappa shape index (κ2) is 8.11. The van der Waals surface area contributed by atoms with Gasteiger partial charge in [-0.15, -0.1) is 0 Å². The zero-order valence-electron chi connectivity index (χ0n) is 13.2. The van der Waals surface area contributed by atoms with Gasteiger partial charge in [-0.3, -0.25) is 4.79 Å². The van der Waals surface area contributed by atoms with Crippen LogP contribution in [0.25, 0.3) is 0 Å². The van der Waals surface area contributed by atoms with Gasteiger partial charge in [0, 0.05) is 10.5 Å². The Hall–Kier alpha value is -0.870. The first-order chi connectivity index (χ1) is 10.5. The Morgan fingerprint density at radius 2 is 1.82 bits per heavy atom. The van der Waals surface area contributed by atoms with E-state index < -0.39 is 5.97 Å². The molecule has 1 aromatic carbocycles. The van der Waals surface area contributed by atoms with Gasteiger partial charge < -0.3 is 10.8 Å².